The zero-order chi connectivity index (χ0) is 13.8. The maximum atomic E-state index is 8.95. The molecular weight excluding hydrogens is 254 g/mol. The number of rotatable bonds is 5. The van der Waals surface area contributed by atoms with Crippen LogP contribution in [-0.2, 0) is 13.2 Å². The van der Waals surface area contributed by atoms with E-state index in [1.165, 1.54) is 0 Å². The van der Waals surface area contributed by atoms with Gasteiger partial charge in [0.2, 0.25) is 0 Å². The van der Waals surface area contributed by atoms with Gasteiger partial charge in [-0.05, 0) is 36.4 Å². The largest absolute Gasteiger partial charge is 0.462 e. The van der Waals surface area contributed by atoms with Crippen LogP contribution in [0.15, 0.2) is 59.3 Å². The Morgan fingerprint density at radius 2 is 2.05 bits per heavy atom. The highest BCUT2D eigenvalue weighted by Crippen LogP contribution is 2.16. The fraction of sp³-hybridized carbons (Fsp3) is 0.133. The van der Waals surface area contributed by atoms with Crippen molar-refractivity contribution in [1.82, 2.24) is 9.78 Å². The van der Waals surface area contributed by atoms with Gasteiger partial charge in [0.1, 0.15) is 18.1 Å². The van der Waals surface area contributed by atoms with Gasteiger partial charge < -0.3 is 14.8 Å². The van der Waals surface area contributed by atoms with Crippen LogP contribution >= 0.6 is 0 Å². The van der Waals surface area contributed by atoms with E-state index >= 15 is 0 Å². The molecule has 0 unspecified atom stereocenters. The molecule has 102 valence electrons. The van der Waals surface area contributed by atoms with E-state index in [-0.39, 0.29) is 6.61 Å². The molecule has 0 aliphatic heterocycles. The summed E-state index contributed by atoms with van der Waals surface area (Å²) in [7, 11) is 0. The van der Waals surface area contributed by atoms with Gasteiger partial charge in [0, 0.05) is 18.1 Å². The normalized spacial score (nSPS) is 10.7. The van der Waals surface area contributed by atoms with Crippen LogP contribution < -0.4 is 5.32 Å². The van der Waals surface area contributed by atoms with E-state index < -0.39 is 0 Å². The topological polar surface area (TPSA) is 63.2 Å². The standard InChI is InChI=1S/C15H15N3O2/c19-11-15-6-5-14(20-15)10-16-12-3-1-4-13(9-12)18-8-2-7-17-18/h1-9,16,19H,10-11H2. The van der Waals surface area contributed by atoms with E-state index in [1.807, 2.05) is 47.3 Å². The van der Waals surface area contributed by atoms with Gasteiger partial charge in [-0.25, -0.2) is 4.68 Å². The average molecular weight is 269 g/mol. The fourth-order valence-corrected chi connectivity index (χ4v) is 1.97. The van der Waals surface area contributed by atoms with E-state index in [4.69, 9.17) is 9.52 Å². The first kappa shape index (κ1) is 12.5. The van der Waals surface area contributed by atoms with Crippen LogP contribution in [0.1, 0.15) is 11.5 Å². The van der Waals surface area contributed by atoms with Gasteiger partial charge in [-0.3, -0.25) is 0 Å². The number of hydrogen-bond donors (Lipinski definition) is 2. The highest BCUT2D eigenvalue weighted by Gasteiger charge is 2.02. The maximum Gasteiger partial charge on any atom is 0.129 e. The summed E-state index contributed by atoms with van der Waals surface area (Å²) in [5, 5.41) is 16.4. The van der Waals surface area contributed by atoms with Crippen LogP contribution in [0, 0.1) is 0 Å². The molecule has 0 atom stereocenters. The molecule has 3 aromatic rings. The van der Waals surface area contributed by atoms with E-state index in [0.29, 0.717) is 12.3 Å². The Bertz CT molecular complexity index is 674. The first-order chi connectivity index (χ1) is 9.85. The minimum absolute atomic E-state index is 0.0746. The van der Waals surface area contributed by atoms with Crippen LogP contribution in [0.3, 0.4) is 0 Å². The Balaban J connectivity index is 1.70. The van der Waals surface area contributed by atoms with Gasteiger partial charge in [0.15, 0.2) is 0 Å². The van der Waals surface area contributed by atoms with Crippen molar-refractivity contribution in [2.45, 2.75) is 13.2 Å². The van der Waals surface area contributed by atoms with E-state index in [9.17, 15) is 0 Å². The van der Waals surface area contributed by atoms with Gasteiger partial charge in [-0.15, -0.1) is 0 Å². The number of aliphatic hydroxyl groups excluding tert-OH is 1. The zero-order valence-electron chi connectivity index (χ0n) is 10.9. The smallest absolute Gasteiger partial charge is 0.129 e. The third-order valence-electron chi connectivity index (χ3n) is 2.95. The van der Waals surface area contributed by atoms with E-state index in [0.717, 1.165) is 17.1 Å². The van der Waals surface area contributed by atoms with Crippen molar-refractivity contribution in [3.63, 3.8) is 0 Å². The van der Waals surface area contributed by atoms with Crippen LogP contribution in [0.25, 0.3) is 5.69 Å². The quantitative estimate of drug-likeness (QED) is 0.747. The highest BCUT2D eigenvalue weighted by atomic mass is 16.4. The molecule has 2 aromatic heterocycles. The SMILES string of the molecule is OCc1ccc(CNc2cccc(-n3cccn3)c2)o1. The first-order valence-electron chi connectivity index (χ1n) is 6.37. The van der Waals surface area contributed by atoms with Gasteiger partial charge >= 0.3 is 0 Å². The molecule has 0 aliphatic rings. The van der Waals surface area contributed by atoms with Crippen LogP contribution in [-0.4, -0.2) is 14.9 Å². The van der Waals surface area contributed by atoms with E-state index in [2.05, 4.69) is 10.4 Å². The molecule has 2 heterocycles. The number of anilines is 1. The highest BCUT2D eigenvalue weighted by molar-refractivity contribution is 5.50. The minimum Gasteiger partial charge on any atom is -0.462 e. The van der Waals surface area contributed by atoms with Gasteiger partial charge in [0.25, 0.3) is 0 Å². The molecule has 0 amide bonds. The molecule has 0 bridgehead atoms. The molecule has 0 spiro atoms. The lowest BCUT2D eigenvalue weighted by Crippen LogP contribution is -2.00. The second kappa shape index (κ2) is 5.63. The molecule has 2 N–H and O–H groups in total. The maximum absolute atomic E-state index is 8.95. The molecule has 0 radical (unpaired) electrons. The lowest BCUT2D eigenvalue weighted by atomic mass is 10.2. The zero-order valence-corrected chi connectivity index (χ0v) is 10.9. The average Bonchev–Trinajstić information content (AvgIpc) is 3.17. The number of nitrogens with zero attached hydrogens (tertiary/aromatic N) is 2. The summed E-state index contributed by atoms with van der Waals surface area (Å²) in [6.07, 6.45) is 3.65. The summed E-state index contributed by atoms with van der Waals surface area (Å²) in [6, 6.07) is 13.5. The Morgan fingerprint density at radius 1 is 1.15 bits per heavy atom. The monoisotopic (exact) mass is 269 g/mol. The number of hydrogen-bond acceptors (Lipinski definition) is 4. The van der Waals surface area contributed by atoms with Crippen LogP contribution in [0.2, 0.25) is 0 Å². The molecule has 0 fully saturated rings. The first-order valence-corrected chi connectivity index (χ1v) is 6.37. The van der Waals surface area contributed by atoms with Gasteiger partial charge in [0.05, 0.1) is 12.2 Å². The summed E-state index contributed by atoms with van der Waals surface area (Å²) < 4.78 is 7.23. The lowest BCUT2D eigenvalue weighted by Gasteiger charge is -2.07. The predicted molar refractivity (Wildman–Crippen MR) is 75.5 cm³/mol. The molecule has 0 saturated heterocycles. The number of aliphatic hydroxyl groups is 1. The summed E-state index contributed by atoms with van der Waals surface area (Å²) in [5.41, 5.74) is 1.98. The van der Waals surface area contributed by atoms with Crippen molar-refractivity contribution in [1.29, 1.82) is 0 Å². The Hall–Kier alpha value is -2.53. The van der Waals surface area contributed by atoms with Crippen molar-refractivity contribution >= 4 is 5.69 Å². The van der Waals surface area contributed by atoms with Gasteiger partial charge in [-0.2, -0.15) is 5.10 Å². The Kier molecular flexibility index (Phi) is 3.52. The number of aromatic nitrogens is 2. The Morgan fingerprint density at radius 3 is 2.80 bits per heavy atom. The molecule has 5 heteroatoms. The van der Waals surface area contributed by atoms with E-state index in [1.54, 1.807) is 12.3 Å². The number of benzene rings is 1. The van der Waals surface area contributed by atoms with Crippen molar-refractivity contribution < 1.29 is 9.52 Å². The van der Waals surface area contributed by atoms with Crippen molar-refractivity contribution in [3.05, 3.63) is 66.4 Å². The van der Waals surface area contributed by atoms with Crippen molar-refractivity contribution in [3.8, 4) is 5.69 Å². The Labute approximate surface area is 116 Å². The van der Waals surface area contributed by atoms with Crippen molar-refractivity contribution in [2.24, 2.45) is 0 Å². The summed E-state index contributed by atoms with van der Waals surface area (Å²) in [4.78, 5) is 0. The number of furan rings is 1. The molecule has 0 saturated carbocycles. The predicted octanol–water partition coefficient (Wildman–Crippen LogP) is 2.57. The second-order valence-electron chi connectivity index (χ2n) is 4.38. The lowest BCUT2D eigenvalue weighted by molar-refractivity contribution is 0.244. The summed E-state index contributed by atoms with van der Waals surface area (Å²) >= 11 is 0. The molecule has 1 aromatic carbocycles. The third-order valence-corrected chi connectivity index (χ3v) is 2.95. The second-order valence-corrected chi connectivity index (χ2v) is 4.38. The summed E-state index contributed by atoms with van der Waals surface area (Å²) in [5.74, 6) is 1.37. The third kappa shape index (κ3) is 2.73. The number of nitrogens with one attached hydrogen (secondary N) is 1. The van der Waals surface area contributed by atoms with Gasteiger partial charge in [-0.1, -0.05) is 6.07 Å². The fourth-order valence-electron chi connectivity index (χ4n) is 1.97. The molecule has 0 aliphatic carbocycles. The molecule has 5 nitrogen and oxygen atoms in total. The molecule has 3 rings (SSSR count). The minimum atomic E-state index is -0.0746. The van der Waals surface area contributed by atoms with Crippen LogP contribution in [0.5, 0.6) is 0 Å². The van der Waals surface area contributed by atoms with Crippen molar-refractivity contribution in [2.75, 3.05) is 5.32 Å². The molecular formula is C15H15N3O2. The molecule has 20 heavy (non-hydrogen) atoms. The summed E-state index contributed by atoms with van der Waals surface area (Å²) in [6.45, 7) is 0.497. The van der Waals surface area contributed by atoms with Crippen LogP contribution in [0.4, 0.5) is 5.69 Å².